The summed E-state index contributed by atoms with van der Waals surface area (Å²) in [5.41, 5.74) is 5.37. The second kappa shape index (κ2) is 49.9. The number of phosphoric acid groups is 1. The lowest BCUT2D eigenvalue weighted by molar-refractivity contribution is -0.161. The number of hydrogen-bond acceptors (Lipinski definition) is 8. The van der Waals surface area contributed by atoms with E-state index >= 15 is 0 Å². The molecule has 1 unspecified atom stereocenters. The number of ether oxygens (including phenoxy) is 2. The van der Waals surface area contributed by atoms with Crippen LogP contribution in [-0.2, 0) is 32.7 Å². The molecule has 2 atom stereocenters. The van der Waals surface area contributed by atoms with Crippen molar-refractivity contribution in [2.24, 2.45) is 5.73 Å². The fourth-order valence-electron chi connectivity index (χ4n) is 7.83. The monoisotopic (exact) mass is 912 g/mol. The van der Waals surface area contributed by atoms with Crippen LogP contribution in [0.2, 0.25) is 0 Å². The molecule has 9 nitrogen and oxygen atoms in total. The summed E-state index contributed by atoms with van der Waals surface area (Å²) in [5, 5.41) is 0. The minimum Gasteiger partial charge on any atom is -0.462 e. The Labute approximate surface area is 389 Å². The van der Waals surface area contributed by atoms with Gasteiger partial charge in [0.2, 0.25) is 0 Å². The van der Waals surface area contributed by atoms with Crippen LogP contribution in [0.3, 0.4) is 0 Å². The molecule has 10 heteroatoms. The highest BCUT2D eigenvalue weighted by atomic mass is 31.2. The molecule has 0 aliphatic rings. The lowest BCUT2D eigenvalue weighted by atomic mass is 10.0. The van der Waals surface area contributed by atoms with E-state index in [0.29, 0.717) is 12.8 Å². The molecular weight excluding hydrogens is 810 g/mol. The number of carbonyl (C=O) groups is 2. The normalized spacial score (nSPS) is 13.3. The molecule has 0 aromatic heterocycles. The highest BCUT2D eigenvalue weighted by Crippen LogP contribution is 2.43. The molecule has 0 saturated carbocycles. The van der Waals surface area contributed by atoms with Gasteiger partial charge in [0.25, 0.3) is 0 Å². The fraction of sp³-hybridized carbons (Fsp3) is 0.887. The minimum absolute atomic E-state index is 0.0508. The van der Waals surface area contributed by atoms with Crippen LogP contribution in [0.5, 0.6) is 0 Å². The van der Waals surface area contributed by atoms with Crippen molar-refractivity contribution in [3.05, 3.63) is 24.3 Å². The number of allylic oxidation sites excluding steroid dienone is 4. The molecule has 0 fully saturated rings. The van der Waals surface area contributed by atoms with Gasteiger partial charge in [-0.1, -0.05) is 237 Å². The van der Waals surface area contributed by atoms with Crippen molar-refractivity contribution in [2.75, 3.05) is 26.4 Å². The van der Waals surface area contributed by atoms with Crippen molar-refractivity contribution < 1.29 is 37.6 Å². The summed E-state index contributed by atoms with van der Waals surface area (Å²) in [5.74, 6) is -0.863. The molecule has 0 spiro atoms. The number of nitrogens with two attached hydrogens (primary N) is 1. The van der Waals surface area contributed by atoms with E-state index in [2.05, 4.69) is 38.2 Å². The first-order chi connectivity index (χ1) is 30.8. The molecule has 0 radical (unpaired) electrons. The van der Waals surface area contributed by atoms with E-state index in [1.54, 1.807) is 0 Å². The minimum atomic E-state index is -4.39. The number of carbonyl (C=O) groups excluding carboxylic acids is 2. The molecule has 0 saturated heterocycles. The van der Waals surface area contributed by atoms with Gasteiger partial charge in [0.1, 0.15) is 6.61 Å². The maximum atomic E-state index is 12.7. The Balaban J connectivity index is 4.04. The molecule has 0 rings (SSSR count). The average molecular weight is 912 g/mol. The fourth-order valence-corrected chi connectivity index (χ4v) is 8.60. The molecule has 0 aromatic carbocycles. The highest BCUT2D eigenvalue weighted by Gasteiger charge is 2.26. The summed E-state index contributed by atoms with van der Waals surface area (Å²) in [6.07, 6.45) is 56.6. The maximum absolute atomic E-state index is 12.7. The molecule has 0 aliphatic heterocycles. The highest BCUT2D eigenvalue weighted by molar-refractivity contribution is 7.47. The van der Waals surface area contributed by atoms with Crippen molar-refractivity contribution in [1.29, 1.82) is 0 Å². The standard InChI is InChI=1S/C53H102NO8P/c1-3-5-7-9-11-13-15-17-19-21-23-24-25-26-28-29-31-33-35-37-39-41-43-45-52(55)59-49-51(50-61-63(57,58)60-48-47-54)62-53(56)46-44-42-40-38-36-34-32-30-27-22-20-18-16-14-12-10-8-6-4-2/h29,31,37,39,51H,3-28,30,32-36,38,40-50,54H2,1-2H3,(H,57,58)/b31-29+,39-37+/t51-/m1/s1. The first-order valence-electron chi connectivity index (χ1n) is 26.8. The van der Waals surface area contributed by atoms with E-state index in [9.17, 15) is 19.0 Å². The summed E-state index contributed by atoms with van der Waals surface area (Å²) in [6.45, 7) is 3.75. The van der Waals surface area contributed by atoms with Crippen LogP contribution in [0, 0.1) is 0 Å². The summed E-state index contributed by atoms with van der Waals surface area (Å²) in [6, 6.07) is 0. The molecular formula is C53H102NO8P. The third-order valence-electron chi connectivity index (χ3n) is 11.8. The van der Waals surface area contributed by atoms with Gasteiger partial charge >= 0.3 is 19.8 Å². The van der Waals surface area contributed by atoms with Crippen molar-refractivity contribution >= 4 is 19.8 Å². The zero-order valence-corrected chi connectivity index (χ0v) is 42.2. The molecule has 0 aliphatic carbocycles. The van der Waals surface area contributed by atoms with Crippen molar-refractivity contribution in [2.45, 2.75) is 277 Å². The predicted octanol–water partition coefficient (Wildman–Crippen LogP) is 16.3. The van der Waals surface area contributed by atoms with Crippen LogP contribution < -0.4 is 5.73 Å². The summed E-state index contributed by atoms with van der Waals surface area (Å²) >= 11 is 0. The third-order valence-corrected chi connectivity index (χ3v) is 12.8. The van der Waals surface area contributed by atoms with Crippen molar-refractivity contribution in [3.63, 3.8) is 0 Å². The van der Waals surface area contributed by atoms with Gasteiger partial charge in [0.15, 0.2) is 6.10 Å². The van der Waals surface area contributed by atoms with Crippen LogP contribution in [0.1, 0.15) is 271 Å². The molecule has 372 valence electrons. The van der Waals surface area contributed by atoms with Gasteiger partial charge in [0.05, 0.1) is 13.2 Å². The molecule has 0 amide bonds. The van der Waals surface area contributed by atoms with Gasteiger partial charge in [-0.15, -0.1) is 0 Å². The molecule has 63 heavy (non-hydrogen) atoms. The van der Waals surface area contributed by atoms with Crippen LogP contribution in [-0.4, -0.2) is 49.3 Å². The van der Waals surface area contributed by atoms with E-state index in [-0.39, 0.29) is 32.6 Å². The topological polar surface area (TPSA) is 134 Å². The number of phosphoric ester groups is 1. The number of esters is 2. The Morgan fingerprint density at radius 2 is 0.810 bits per heavy atom. The second-order valence-corrected chi connectivity index (χ2v) is 19.5. The zero-order valence-electron chi connectivity index (χ0n) is 41.3. The molecule has 0 bridgehead atoms. The summed E-state index contributed by atoms with van der Waals surface area (Å²) in [7, 11) is -4.39. The van der Waals surface area contributed by atoms with Crippen LogP contribution >= 0.6 is 7.82 Å². The summed E-state index contributed by atoms with van der Waals surface area (Å²) < 4.78 is 32.9. The van der Waals surface area contributed by atoms with Gasteiger partial charge in [-0.2, -0.15) is 0 Å². The number of hydrogen-bond donors (Lipinski definition) is 2. The largest absolute Gasteiger partial charge is 0.472 e. The van der Waals surface area contributed by atoms with E-state index in [1.165, 1.54) is 193 Å². The van der Waals surface area contributed by atoms with E-state index in [0.717, 1.165) is 38.5 Å². The van der Waals surface area contributed by atoms with Gasteiger partial charge in [-0.3, -0.25) is 18.6 Å². The second-order valence-electron chi connectivity index (χ2n) is 18.1. The lowest BCUT2D eigenvalue weighted by Gasteiger charge is -2.19. The van der Waals surface area contributed by atoms with E-state index in [4.69, 9.17) is 24.3 Å². The molecule has 0 heterocycles. The van der Waals surface area contributed by atoms with Crippen LogP contribution in [0.4, 0.5) is 0 Å². The number of unbranched alkanes of at least 4 members (excludes halogenated alkanes) is 34. The summed E-state index contributed by atoms with van der Waals surface area (Å²) in [4.78, 5) is 35.1. The van der Waals surface area contributed by atoms with Gasteiger partial charge in [-0.05, 0) is 44.9 Å². The van der Waals surface area contributed by atoms with Crippen LogP contribution in [0.25, 0.3) is 0 Å². The Hall–Kier alpha value is -1.51. The van der Waals surface area contributed by atoms with Crippen molar-refractivity contribution in [1.82, 2.24) is 0 Å². The first-order valence-corrected chi connectivity index (χ1v) is 28.3. The molecule has 0 aromatic rings. The Morgan fingerprint density at radius 3 is 1.22 bits per heavy atom. The van der Waals surface area contributed by atoms with Crippen molar-refractivity contribution in [3.8, 4) is 0 Å². The smallest absolute Gasteiger partial charge is 0.462 e. The zero-order chi connectivity index (χ0) is 46.0. The predicted molar refractivity (Wildman–Crippen MR) is 266 cm³/mol. The van der Waals surface area contributed by atoms with E-state index in [1.807, 2.05) is 0 Å². The lowest BCUT2D eigenvalue weighted by Crippen LogP contribution is -2.29. The van der Waals surface area contributed by atoms with E-state index < -0.39 is 32.5 Å². The SMILES string of the molecule is CCCCCCCCCCCCCCCC/C=C/CC/C=C/CCCC(=O)OC[C@H](COP(=O)(O)OCCN)OC(=O)CCCCCCCCCCCCCCCCCCCCC. The van der Waals surface area contributed by atoms with Crippen LogP contribution in [0.15, 0.2) is 24.3 Å². The first kappa shape index (κ1) is 61.5. The Bertz CT molecular complexity index is 1090. The quantitative estimate of drug-likeness (QED) is 0.0265. The third kappa shape index (κ3) is 49.8. The average Bonchev–Trinajstić information content (AvgIpc) is 3.27. The van der Waals surface area contributed by atoms with Gasteiger partial charge in [0, 0.05) is 19.4 Å². The number of rotatable bonds is 51. The van der Waals surface area contributed by atoms with Gasteiger partial charge in [-0.25, -0.2) is 4.57 Å². The Kier molecular flexibility index (Phi) is 48.7. The Morgan fingerprint density at radius 1 is 0.460 bits per heavy atom. The van der Waals surface area contributed by atoms with Gasteiger partial charge < -0.3 is 20.1 Å². The maximum Gasteiger partial charge on any atom is 0.472 e. The molecule has 3 N–H and O–H groups in total.